The average molecular weight is 267 g/mol. The van der Waals surface area contributed by atoms with Crippen LogP contribution in [0.2, 0.25) is 0 Å². The highest BCUT2D eigenvalue weighted by molar-refractivity contribution is 8.01. The van der Waals surface area contributed by atoms with Crippen molar-refractivity contribution in [1.29, 1.82) is 0 Å². The van der Waals surface area contributed by atoms with E-state index in [1.165, 1.54) is 41.0 Å². The van der Waals surface area contributed by atoms with Crippen molar-refractivity contribution in [3.63, 3.8) is 0 Å². The minimum Gasteiger partial charge on any atom is -0.330 e. The van der Waals surface area contributed by atoms with Crippen molar-refractivity contribution < 1.29 is 0 Å². The molecule has 0 unspecified atom stereocenters. The molecule has 1 nitrogen and oxygen atoms in total. The van der Waals surface area contributed by atoms with Gasteiger partial charge in [-0.3, -0.25) is 0 Å². The molecule has 3 heteroatoms. The molecule has 1 saturated carbocycles. The van der Waals surface area contributed by atoms with Gasteiger partial charge in [0, 0.05) is 21.8 Å². The summed E-state index contributed by atoms with van der Waals surface area (Å²) < 4.78 is 0. The fourth-order valence-electron chi connectivity index (χ4n) is 2.83. The molecule has 2 N–H and O–H groups in total. The average Bonchev–Trinajstić information content (AvgIpc) is 2.88. The van der Waals surface area contributed by atoms with E-state index in [1.807, 2.05) is 23.5 Å². The molecule has 0 bridgehead atoms. The molecule has 2 rings (SSSR count). The number of thioether (sulfide) groups is 2. The second kappa shape index (κ2) is 5.68. The Morgan fingerprint density at radius 3 is 2.29 bits per heavy atom. The molecule has 0 aliphatic heterocycles. The summed E-state index contributed by atoms with van der Waals surface area (Å²) in [6.45, 7) is 0.791. The van der Waals surface area contributed by atoms with E-state index in [4.69, 9.17) is 5.73 Å². The van der Waals surface area contributed by atoms with E-state index < -0.39 is 0 Å². The first-order valence-corrected chi connectivity index (χ1v) is 8.63. The van der Waals surface area contributed by atoms with Crippen LogP contribution < -0.4 is 5.73 Å². The number of benzene rings is 1. The molecular formula is C14H21NS2. The third kappa shape index (κ3) is 2.51. The van der Waals surface area contributed by atoms with Gasteiger partial charge in [-0.1, -0.05) is 18.9 Å². The van der Waals surface area contributed by atoms with E-state index in [0.29, 0.717) is 0 Å². The summed E-state index contributed by atoms with van der Waals surface area (Å²) in [6, 6.07) is 6.93. The lowest BCUT2D eigenvalue weighted by Gasteiger charge is -2.28. The monoisotopic (exact) mass is 267 g/mol. The standard InChI is InChI=1S/C14H21NS2/c1-16-12-6-5-11(9-13(12)17-2)14(10-15)7-3-4-8-14/h5-6,9H,3-4,7-8,10,15H2,1-2H3. The Bertz CT molecular complexity index is 384. The first-order valence-electron chi connectivity index (χ1n) is 6.18. The van der Waals surface area contributed by atoms with Crippen LogP contribution in [0.3, 0.4) is 0 Å². The van der Waals surface area contributed by atoms with Crippen LogP contribution in [-0.4, -0.2) is 19.1 Å². The summed E-state index contributed by atoms with van der Waals surface area (Å²) in [5.74, 6) is 0. The highest BCUT2D eigenvalue weighted by Crippen LogP contribution is 2.42. The quantitative estimate of drug-likeness (QED) is 0.838. The molecule has 0 saturated heterocycles. The molecule has 17 heavy (non-hydrogen) atoms. The highest BCUT2D eigenvalue weighted by Gasteiger charge is 2.34. The predicted octanol–water partition coefficient (Wildman–Crippen LogP) is 3.90. The maximum Gasteiger partial charge on any atom is 0.0208 e. The first-order chi connectivity index (χ1) is 8.25. The van der Waals surface area contributed by atoms with Crippen molar-refractivity contribution in [2.45, 2.75) is 40.9 Å². The summed E-state index contributed by atoms with van der Waals surface area (Å²) in [7, 11) is 0. The Morgan fingerprint density at radius 2 is 1.76 bits per heavy atom. The fourth-order valence-corrected chi connectivity index (χ4v) is 4.31. The van der Waals surface area contributed by atoms with E-state index in [1.54, 1.807) is 0 Å². The topological polar surface area (TPSA) is 26.0 Å². The van der Waals surface area contributed by atoms with Crippen molar-refractivity contribution in [2.75, 3.05) is 19.1 Å². The maximum atomic E-state index is 6.05. The van der Waals surface area contributed by atoms with Crippen LogP contribution in [0.5, 0.6) is 0 Å². The third-order valence-corrected chi connectivity index (χ3v) is 5.65. The zero-order valence-corrected chi connectivity index (χ0v) is 12.3. The summed E-state index contributed by atoms with van der Waals surface area (Å²) in [6.07, 6.45) is 9.48. The van der Waals surface area contributed by atoms with Crippen LogP contribution in [0.4, 0.5) is 0 Å². The highest BCUT2D eigenvalue weighted by atomic mass is 32.2. The SMILES string of the molecule is CSc1ccc(C2(CN)CCCC2)cc1SC. The molecule has 1 aromatic rings. The van der Waals surface area contributed by atoms with Crippen molar-refractivity contribution in [3.05, 3.63) is 23.8 Å². The zero-order chi connectivity index (χ0) is 12.3. The summed E-state index contributed by atoms with van der Waals surface area (Å²) in [5, 5.41) is 0. The third-order valence-electron chi connectivity index (χ3n) is 3.95. The first kappa shape index (κ1) is 13.3. The van der Waals surface area contributed by atoms with Gasteiger partial charge in [0.15, 0.2) is 0 Å². The predicted molar refractivity (Wildman–Crippen MR) is 79.2 cm³/mol. The Labute approximate surface area is 113 Å². The van der Waals surface area contributed by atoms with Gasteiger partial charge in [-0.2, -0.15) is 0 Å². The van der Waals surface area contributed by atoms with Crippen LogP contribution in [0.25, 0.3) is 0 Å². The van der Waals surface area contributed by atoms with Gasteiger partial charge in [0.2, 0.25) is 0 Å². The molecule has 0 radical (unpaired) electrons. The minimum absolute atomic E-state index is 0.265. The second-order valence-electron chi connectivity index (χ2n) is 4.76. The smallest absolute Gasteiger partial charge is 0.0208 e. The second-order valence-corrected chi connectivity index (χ2v) is 6.46. The summed E-state index contributed by atoms with van der Waals surface area (Å²) in [5.41, 5.74) is 7.77. The van der Waals surface area contributed by atoms with Crippen LogP contribution >= 0.6 is 23.5 Å². The van der Waals surface area contributed by atoms with E-state index in [-0.39, 0.29) is 5.41 Å². The van der Waals surface area contributed by atoms with Gasteiger partial charge in [0.05, 0.1) is 0 Å². The van der Waals surface area contributed by atoms with Gasteiger partial charge in [0.1, 0.15) is 0 Å². The molecule has 94 valence electrons. The Hall–Kier alpha value is -0.120. The van der Waals surface area contributed by atoms with Gasteiger partial charge in [-0.25, -0.2) is 0 Å². The lowest BCUT2D eigenvalue weighted by molar-refractivity contribution is 0.452. The normalized spacial score (nSPS) is 18.5. The van der Waals surface area contributed by atoms with E-state index in [0.717, 1.165) is 6.54 Å². The Morgan fingerprint density at radius 1 is 1.12 bits per heavy atom. The van der Waals surface area contributed by atoms with Crippen molar-refractivity contribution >= 4 is 23.5 Å². The molecule has 0 aromatic heterocycles. The van der Waals surface area contributed by atoms with Gasteiger partial charge in [-0.05, 0) is 43.0 Å². The molecule has 0 spiro atoms. The van der Waals surface area contributed by atoms with Crippen molar-refractivity contribution in [2.24, 2.45) is 5.73 Å². The van der Waals surface area contributed by atoms with Crippen LogP contribution in [0, 0.1) is 0 Å². The van der Waals surface area contributed by atoms with E-state index in [2.05, 4.69) is 30.7 Å². The Balaban J connectivity index is 2.38. The molecule has 0 heterocycles. The van der Waals surface area contributed by atoms with E-state index >= 15 is 0 Å². The van der Waals surface area contributed by atoms with E-state index in [9.17, 15) is 0 Å². The number of hydrogen-bond acceptors (Lipinski definition) is 3. The molecular weight excluding hydrogens is 246 g/mol. The van der Waals surface area contributed by atoms with Gasteiger partial charge in [-0.15, -0.1) is 23.5 Å². The van der Waals surface area contributed by atoms with Crippen molar-refractivity contribution in [3.8, 4) is 0 Å². The number of nitrogens with two attached hydrogens (primary N) is 1. The lowest BCUT2D eigenvalue weighted by atomic mass is 9.79. The maximum absolute atomic E-state index is 6.05. The Kier molecular flexibility index (Phi) is 4.45. The zero-order valence-electron chi connectivity index (χ0n) is 10.7. The minimum atomic E-state index is 0.265. The van der Waals surface area contributed by atoms with Gasteiger partial charge >= 0.3 is 0 Å². The lowest BCUT2D eigenvalue weighted by Crippen LogP contribution is -2.32. The van der Waals surface area contributed by atoms with Crippen molar-refractivity contribution in [1.82, 2.24) is 0 Å². The van der Waals surface area contributed by atoms with Gasteiger partial charge < -0.3 is 5.73 Å². The molecule has 1 aliphatic rings. The van der Waals surface area contributed by atoms with Crippen LogP contribution in [0.15, 0.2) is 28.0 Å². The fraction of sp³-hybridized carbons (Fsp3) is 0.571. The molecule has 0 amide bonds. The van der Waals surface area contributed by atoms with Crippen LogP contribution in [0.1, 0.15) is 31.2 Å². The number of hydrogen-bond donors (Lipinski definition) is 1. The summed E-state index contributed by atoms with van der Waals surface area (Å²) in [4.78, 5) is 2.78. The van der Waals surface area contributed by atoms with Crippen LogP contribution in [-0.2, 0) is 5.41 Å². The molecule has 1 fully saturated rings. The summed E-state index contributed by atoms with van der Waals surface area (Å²) >= 11 is 3.67. The molecule has 0 atom stereocenters. The molecule has 1 aliphatic carbocycles. The largest absolute Gasteiger partial charge is 0.330 e. The van der Waals surface area contributed by atoms with Gasteiger partial charge in [0.25, 0.3) is 0 Å². The molecule has 1 aromatic carbocycles. The number of rotatable bonds is 4.